The van der Waals surface area contributed by atoms with Crippen LogP contribution in [-0.4, -0.2) is 50.2 Å². The zero-order chi connectivity index (χ0) is 19.7. The lowest BCUT2D eigenvalue weighted by atomic mass is 9.93. The number of nitrogens with one attached hydrogen (secondary N) is 1. The summed E-state index contributed by atoms with van der Waals surface area (Å²) in [5.74, 6) is 1.09. The minimum absolute atomic E-state index is 0.0341. The van der Waals surface area contributed by atoms with Gasteiger partial charge in [0, 0.05) is 31.4 Å². The molecule has 1 aliphatic heterocycles. The molecule has 1 saturated heterocycles. The van der Waals surface area contributed by atoms with Crippen LogP contribution >= 0.6 is 0 Å². The van der Waals surface area contributed by atoms with Gasteiger partial charge in [-0.3, -0.25) is 9.89 Å². The molecule has 28 heavy (non-hydrogen) atoms. The Hall–Kier alpha value is -2.96. The highest BCUT2D eigenvalue weighted by molar-refractivity contribution is 5.81. The van der Waals surface area contributed by atoms with E-state index in [-0.39, 0.29) is 5.91 Å². The third-order valence-electron chi connectivity index (χ3n) is 5.29. The summed E-state index contributed by atoms with van der Waals surface area (Å²) in [5.41, 5.74) is 4.76. The third-order valence-corrected chi connectivity index (χ3v) is 5.29. The number of aromatic nitrogens is 4. The van der Waals surface area contributed by atoms with E-state index in [0.717, 1.165) is 40.9 Å². The fourth-order valence-corrected chi connectivity index (χ4v) is 3.95. The molecule has 1 amide bonds. The van der Waals surface area contributed by atoms with Gasteiger partial charge in [-0.2, -0.15) is 5.10 Å². The maximum atomic E-state index is 12.8. The van der Waals surface area contributed by atoms with Crippen LogP contribution in [0.3, 0.4) is 0 Å². The average molecular weight is 379 g/mol. The SMILES string of the molecule is Cc1cc(C)cc(O[C@@H](C)C(=O)N2CCC(c3[nH]nc4nccnc34)CC2)c1. The predicted molar refractivity (Wildman–Crippen MR) is 106 cm³/mol. The molecular weight excluding hydrogens is 354 g/mol. The van der Waals surface area contributed by atoms with Crippen molar-refractivity contribution in [2.75, 3.05) is 13.1 Å². The van der Waals surface area contributed by atoms with Gasteiger partial charge in [-0.1, -0.05) is 6.07 Å². The summed E-state index contributed by atoms with van der Waals surface area (Å²) in [6, 6.07) is 6.02. The Morgan fingerprint density at radius 3 is 2.54 bits per heavy atom. The van der Waals surface area contributed by atoms with Crippen LogP contribution in [0.5, 0.6) is 5.75 Å². The van der Waals surface area contributed by atoms with Crippen molar-refractivity contribution in [2.24, 2.45) is 0 Å². The van der Waals surface area contributed by atoms with E-state index in [9.17, 15) is 4.79 Å². The Kier molecular flexibility index (Phi) is 4.98. The molecular formula is C21H25N5O2. The van der Waals surface area contributed by atoms with Crippen LogP contribution in [-0.2, 0) is 4.79 Å². The molecule has 2 aromatic heterocycles. The van der Waals surface area contributed by atoms with Gasteiger partial charge in [0.15, 0.2) is 11.8 Å². The molecule has 1 atom stereocenters. The number of aryl methyl sites for hydroxylation is 2. The van der Waals surface area contributed by atoms with Gasteiger partial charge in [-0.05, 0) is 56.9 Å². The van der Waals surface area contributed by atoms with E-state index in [1.54, 1.807) is 12.4 Å². The maximum Gasteiger partial charge on any atom is 0.263 e. The largest absolute Gasteiger partial charge is 0.481 e. The number of carbonyl (C=O) groups excluding carboxylic acids is 1. The van der Waals surface area contributed by atoms with Crippen molar-refractivity contribution in [3.05, 3.63) is 47.4 Å². The lowest BCUT2D eigenvalue weighted by Gasteiger charge is -2.33. The number of likely N-dealkylation sites (tertiary alicyclic amines) is 1. The van der Waals surface area contributed by atoms with Gasteiger partial charge in [-0.25, -0.2) is 9.97 Å². The fourth-order valence-electron chi connectivity index (χ4n) is 3.95. The van der Waals surface area contributed by atoms with Crippen molar-refractivity contribution in [1.82, 2.24) is 25.1 Å². The summed E-state index contributed by atoms with van der Waals surface area (Å²) >= 11 is 0. The number of nitrogens with zero attached hydrogens (tertiary/aromatic N) is 4. The second-order valence-corrected chi connectivity index (χ2v) is 7.55. The zero-order valence-corrected chi connectivity index (χ0v) is 16.5. The molecule has 0 unspecified atom stereocenters. The predicted octanol–water partition coefficient (Wildman–Crippen LogP) is 3.14. The molecule has 1 N–H and O–H groups in total. The molecule has 7 heteroatoms. The number of ether oxygens (including phenoxy) is 1. The van der Waals surface area contributed by atoms with Crippen molar-refractivity contribution < 1.29 is 9.53 Å². The highest BCUT2D eigenvalue weighted by Crippen LogP contribution is 2.30. The second kappa shape index (κ2) is 7.58. The monoisotopic (exact) mass is 379 g/mol. The van der Waals surface area contributed by atoms with Crippen molar-refractivity contribution in [3.63, 3.8) is 0 Å². The second-order valence-electron chi connectivity index (χ2n) is 7.55. The first-order chi connectivity index (χ1) is 13.5. The molecule has 146 valence electrons. The summed E-state index contributed by atoms with van der Waals surface area (Å²) < 4.78 is 5.92. The Labute approximate surface area is 164 Å². The van der Waals surface area contributed by atoms with Crippen LogP contribution in [0, 0.1) is 13.8 Å². The van der Waals surface area contributed by atoms with Crippen molar-refractivity contribution in [3.8, 4) is 5.75 Å². The van der Waals surface area contributed by atoms with Gasteiger partial charge >= 0.3 is 0 Å². The molecule has 7 nitrogen and oxygen atoms in total. The Morgan fingerprint density at radius 1 is 1.14 bits per heavy atom. The van der Waals surface area contributed by atoms with Crippen molar-refractivity contribution in [1.29, 1.82) is 0 Å². The summed E-state index contributed by atoms with van der Waals surface area (Å²) in [6.45, 7) is 7.28. The Bertz CT molecular complexity index is 971. The van der Waals surface area contributed by atoms with Crippen LogP contribution in [0.2, 0.25) is 0 Å². The molecule has 1 aromatic carbocycles. The Morgan fingerprint density at radius 2 is 1.82 bits per heavy atom. The summed E-state index contributed by atoms with van der Waals surface area (Å²) in [6.07, 6.45) is 4.57. The molecule has 3 aromatic rings. The molecule has 0 radical (unpaired) electrons. The van der Waals surface area contributed by atoms with Crippen LogP contribution < -0.4 is 4.74 Å². The number of carbonyl (C=O) groups is 1. The number of fused-ring (bicyclic) bond motifs is 1. The first-order valence-electron chi connectivity index (χ1n) is 9.70. The lowest BCUT2D eigenvalue weighted by molar-refractivity contribution is -0.139. The van der Waals surface area contributed by atoms with E-state index in [4.69, 9.17) is 4.74 Å². The third kappa shape index (κ3) is 3.69. The maximum absolute atomic E-state index is 12.8. The highest BCUT2D eigenvalue weighted by Gasteiger charge is 2.29. The van der Waals surface area contributed by atoms with E-state index in [1.165, 1.54) is 0 Å². The lowest BCUT2D eigenvalue weighted by Crippen LogP contribution is -2.44. The molecule has 0 spiro atoms. The number of aromatic amines is 1. The first kappa shape index (κ1) is 18.4. The van der Waals surface area contributed by atoms with Gasteiger partial charge in [0.25, 0.3) is 5.91 Å². The normalized spacial score (nSPS) is 16.3. The highest BCUT2D eigenvalue weighted by atomic mass is 16.5. The Balaban J connectivity index is 1.38. The standard InChI is InChI=1S/C21H25N5O2/c1-13-10-14(2)12-17(11-13)28-15(3)21(27)26-8-4-16(5-9-26)18-19-20(25-24-18)23-7-6-22-19/h6-7,10-12,15-16H,4-5,8-9H2,1-3H3,(H,23,24,25)/t15-/m0/s1. The molecule has 0 saturated carbocycles. The fraction of sp³-hybridized carbons (Fsp3) is 0.429. The summed E-state index contributed by atoms with van der Waals surface area (Å²) in [5, 5.41) is 7.33. The summed E-state index contributed by atoms with van der Waals surface area (Å²) in [4.78, 5) is 23.4. The number of H-pyrrole nitrogens is 1. The molecule has 3 heterocycles. The van der Waals surface area contributed by atoms with Crippen LogP contribution in [0.4, 0.5) is 0 Å². The summed E-state index contributed by atoms with van der Waals surface area (Å²) in [7, 11) is 0. The smallest absolute Gasteiger partial charge is 0.263 e. The molecule has 1 fully saturated rings. The van der Waals surface area contributed by atoms with E-state index >= 15 is 0 Å². The van der Waals surface area contributed by atoms with E-state index in [2.05, 4.69) is 26.2 Å². The zero-order valence-electron chi connectivity index (χ0n) is 16.5. The van der Waals surface area contributed by atoms with Crippen LogP contribution in [0.1, 0.15) is 42.5 Å². The number of piperidine rings is 1. The number of hydrogen-bond acceptors (Lipinski definition) is 5. The van der Waals surface area contributed by atoms with Gasteiger partial charge in [0.1, 0.15) is 11.3 Å². The van der Waals surface area contributed by atoms with E-state index in [1.807, 2.05) is 37.8 Å². The quantitative estimate of drug-likeness (QED) is 0.753. The van der Waals surface area contributed by atoms with Gasteiger partial charge in [0.05, 0.1) is 5.69 Å². The van der Waals surface area contributed by atoms with Crippen molar-refractivity contribution in [2.45, 2.75) is 45.6 Å². The van der Waals surface area contributed by atoms with Gasteiger partial charge in [-0.15, -0.1) is 0 Å². The molecule has 4 rings (SSSR count). The van der Waals surface area contributed by atoms with Gasteiger partial charge < -0.3 is 9.64 Å². The van der Waals surface area contributed by atoms with E-state index < -0.39 is 6.10 Å². The molecule has 1 aliphatic rings. The molecule has 0 bridgehead atoms. The van der Waals surface area contributed by atoms with Crippen LogP contribution in [0.25, 0.3) is 11.2 Å². The van der Waals surface area contributed by atoms with Gasteiger partial charge in [0.2, 0.25) is 0 Å². The number of hydrogen-bond donors (Lipinski definition) is 1. The number of benzene rings is 1. The average Bonchev–Trinajstić information content (AvgIpc) is 3.11. The van der Waals surface area contributed by atoms with E-state index in [0.29, 0.717) is 24.7 Å². The van der Waals surface area contributed by atoms with Crippen molar-refractivity contribution >= 4 is 17.1 Å². The topological polar surface area (TPSA) is 84.0 Å². The minimum Gasteiger partial charge on any atom is -0.481 e. The molecule has 0 aliphatic carbocycles. The first-order valence-corrected chi connectivity index (χ1v) is 9.70. The number of rotatable bonds is 4. The minimum atomic E-state index is -0.503. The number of amides is 1. The van der Waals surface area contributed by atoms with Crippen LogP contribution in [0.15, 0.2) is 30.6 Å².